The molecule has 1 N–H and O–H groups in total. The van der Waals surface area contributed by atoms with E-state index in [1.807, 2.05) is 97.1 Å². The second-order valence-corrected chi connectivity index (χ2v) is 8.08. The first-order valence-corrected chi connectivity index (χ1v) is 10.8. The molecule has 0 unspecified atom stereocenters. The van der Waals surface area contributed by atoms with Crippen molar-refractivity contribution in [3.63, 3.8) is 0 Å². The van der Waals surface area contributed by atoms with Crippen molar-refractivity contribution in [2.24, 2.45) is 0 Å². The van der Waals surface area contributed by atoms with Gasteiger partial charge < -0.3 is 4.42 Å². The summed E-state index contributed by atoms with van der Waals surface area (Å²) in [7, 11) is 0. The molecule has 4 aromatic carbocycles. The molecule has 5 heteroatoms. The van der Waals surface area contributed by atoms with Crippen LogP contribution < -0.4 is 4.98 Å². The zero-order valence-electron chi connectivity index (χ0n) is 17.0. The average Bonchev–Trinajstić information content (AvgIpc) is 3.23. The van der Waals surface area contributed by atoms with Crippen molar-refractivity contribution in [1.29, 1.82) is 0 Å². The van der Waals surface area contributed by atoms with Crippen LogP contribution in [0.5, 0.6) is 0 Å². The van der Waals surface area contributed by atoms with Crippen molar-refractivity contribution in [2.75, 3.05) is 0 Å². The summed E-state index contributed by atoms with van der Waals surface area (Å²) in [6.45, 7) is 0. The number of hydrogen-bond donors (Lipinski definition) is 0. The monoisotopic (exact) mass is 436 g/mol. The summed E-state index contributed by atoms with van der Waals surface area (Å²) in [5.74, 6) is 2.16. The van der Waals surface area contributed by atoms with Crippen LogP contribution in [0.15, 0.2) is 101 Å². The Morgan fingerprint density at radius 1 is 0.656 bits per heavy atom. The average molecular weight is 437 g/mol. The van der Waals surface area contributed by atoms with Crippen molar-refractivity contribution in [1.82, 2.24) is 9.97 Å². The number of H-pyrrole nitrogens is 1. The molecule has 0 saturated carbocycles. The van der Waals surface area contributed by atoms with Gasteiger partial charge in [0.2, 0.25) is 0 Å². The van der Waals surface area contributed by atoms with Gasteiger partial charge in [0.15, 0.2) is 0 Å². The lowest BCUT2D eigenvalue weighted by Gasteiger charge is -2.02. The standard InChI is InChI=1S/C27H18ClN3O/c28-19-14-15-22-21(16-19)24-20(12-7-13-23(24)32-22)27-30-25(17-8-3-1-4-9-17)29-26(31-27)18-10-5-2-6-11-18/h1-16H,28H2/q+2/p+1. The number of aromatic nitrogens is 3. The fourth-order valence-electron chi connectivity index (χ4n) is 3.99. The molecule has 6 rings (SSSR count). The third kappa shape index (κ3) is 3.22. The van der Waals surface area contributed by atoms with Crippen LogP contribution in [-0.4, -0.2) is 9.97 Å². The maximum atomic E-state index is 6.10. The van der Waals surface area contributed by atoms with Crippen LogP contribution in [0, 0.1) is 11.6 Å². The Morgan fingerprint density at radius 3 is 1.97 bits per heavy atom. The van der Waals surface area contributed by atoms with Crippen LogP contribution in [0.4, 0.5) is 0 Å². The highest BCUT2D eigenvalue weighted by Gasteiger charge is 2.23. The van der Waals surface area contributed by atoms with Crippen molar-refractivity contribution in [3.8, 4) is 34.2 Å². The lowest BCUT2D eigenvalue weighted by Crippen LogP contribution is -2.17. The summed E-state index contributed by atoms with van der Waals surface area (Å²) >= 11 is 4.53. The molecule has 0 aliphatic heterocycles. The van der Waals surface area contributed by atoms with E-state index in [2.05, 4.69) is 16.6 Å². The maximum absolute atomic E-state index is 6.10. The number of rotatable bonds is 3. The van der Waals surface area contributed by atoms with Crippen LogP contribution in [0.2, 0.25) is 5.02 Å². The van der Waals surface area contributed by atoms with Crippen molar-refractivity contribution in [2.45, 2.75) is 0 Å². The molecule has 0 aliphatic carbocycles. The summed E-state index contributed by atoms with van der Waals surface area (Å²) in [4.78, 5) is 13.3. The van der Waals surface area contributed by atoms with E-state index in [0.29, 0.717) is 5.82 Å². The molecular formula is C27H19ClN3O+3. The Hall–Kier alpha value is -4.02. The van der Waals surface area contributed by atoms with Gasteiger partial charge in [-0.25, -0.2) is 4.98 Å². The van der Waals surface area contributed by atoms with Gasteiger partial charge in [-0.05, 0) is 42.5 Å². The molecular weight excluding hydrogens is 418 g/mol. The topological polar surface area (TPSA) is 53.1 Å². The first-order chi connectivity index (χ1) is 15.8. The highest BCUT2D eigenvalue weighted by Crippen LogP contribution is 2.36. The van der Waals surface area contributed by atoms with E-state index >= 15 is 0 Å². The van der Waals surface area contributed by atoms with Gasteiger partial charge in [-0.3, -0.25) is 0 Å². The number of halogens is 1. The number of furan rings is 1. The first-order valence-electron chi connectivity index (χ1n) is 10.3. The molecule has 0 aliphatic rings. The third-order valence-electron chi connectivity index (χ3n) is 5.49. The number of aromatic amines is 1. The molecule has 32 heavy (non-hydrogen) atoms. The quantitative estimate of drug-likeness (QED) is 0.362. The van der Waals surface area contributed by atoms with E-state index in [0.717, 1.165) is 55.3 Å². The molecule has 0 fully saturated rings. The van der Waals surface area contributed by atoms with Crippen LogP contribution >= 0.6 is 0 Å². The van der Waals surface area contributed by atoms with Crippen LogP contribution in [-0.2, 0) is 0 Å². The smallest absolute Gasteiger partial charge is 0.323 e. The Labute approximate surface area is 189 Å². The Bertz CT molecular complexity index is 1520. The Balaban J connectivity index is 1.66. The number of nitrogens with zero attached hydrogens (tertiary/aromatic N) is 2. The summed E-state index contributed by atoms with van der Waals surface area (Å²) in [6.07, 6.45) is 0. The summed E-state index contributed by atoms with van der Waals surface area (Å²) in [5, 5.41) is 2.87. The fraction of sp³-hybridized carbons (Fsp3) is 0. The zero-order chi connectivity index (χ0) is 21.5. The summed E-state index contributed by atoms with van der Waals surface area (Å²) in [5.41, 5.74) is 4.53. The number of benzene rings is 4. The molecule has 0 radical (unpaired) electrons. The van der Waals surface area contributed by atoms with Gasteiger partial charge in [0.1, 0.15) is 11.2 Å². The molecule has 0 bridgehead atoms. The van der Waals surface area contributed by atoms with Gasteiger partial charge >= 0.3 is 10.8 Å². The first kappa shape index (κ1) is 18.7. The molecule has 0 amide bonds. The van der Waals surface area contributed by atoms with Crippen molar-refractivity contribution in [3.05, 3.63) is 102 Å². The van der Waals surface area contributed by atoms with Crippen LogP contribution in [0.3, 0.4) is 0 Å². The van der Waals surface area contributed by atoms with E-state index < -0.39 is 0 Å². The molecule has 0 saturated heterocycles. The van der Waals surface area contributed by atoms with Gasteiger partial charge in [-0.15, -0.1) is 0 Å². The van der Waals surface area contributed by atoms with Gasteiger partial charge in [0.05, 0.1) is 28.8 Å². The van der Waals surface area contributed by atoms with Crippen molar-refractivity contribution >= 4 is 21.9 Å². The highest BCUT2D eigenvalue weighted by molar-refractivity contribution is 6.11. The minimum absolute atomic E-state index is 0.638. The molecule has 2 heterocycles. The molecule has 4 nitrogen and oxygen atoms in total. The summed E-state index contributed by atoms with van der Waals surface area (Å²) < 4.78 is 6.10. The van der Waals surface area contributed by atoms with Crippen molar-refractivity contribution < 1.29 is 21.0 Å². The highest BCUT2D eigenvalue weighted by atomic mass is 35.5. The maximum Gasteiger partial charge on any atom is 0.323 e. The molecule has 0 spiro atoms. The summed E-state index contributed by atoms with van der Waals surface area (Å²) in [6, 6.07) is 32.1. The largest absolute Gasteiger partial charge is 0.456 e. The Morgan fingerprint density at radius 2 is 1.31 bits per heavy atom. The van der Waals surface area contributed by atoms with E-state index in [1.165, 1.54) is 0 Å². The second kappa shape index (κ2) is 7.59. The normalized spacial score (nSPS) is 11.3. The van der Waals surface area contributed by atoms with Crippen LogP contribution in [0.25, 0.3) is 56.1 Å². The third-order valence-corrected chi connectivity index (χ3v) is 5.76. The molecule has 152 valence electrons. The predicted octanol–water partition coefficient (Wildman–Crippen LogP) is 5.62. The van der Waals surface area contributed by atoms with E-state index in [9.17, 15) is 0 Å². The van der Waals surface area contributed by atoms with Gasteiger partial charge in [0, 0.05) is 22.4 Å². The fourth-order valence-corrected chi connectivity index (χ4v) is 4.20. The Kier molecular flexibility index (Phi) is 4.44. The number of hydrogen-bond acceptors (Lipinski definition) is 3. The minimum Gasteiger partial charge on any atom is -0.456 e. The minimum atomic E-state index is 0.638. The zero-order valence-corrected chi connectivity index (χ0v) is 17.9. The lowest BCUT2D eigenvalue weighted by atomic mass is 10.1. The lowest BCUT2D eigenvalue weighted by molar-refractivity contribution is -0.359. The van der Waals surface area contributed by atoms with E-state index in [4.69, 9.17) is 14.4 Å². The van der Waals surface area contributed by atoms with E-state index in [1.54, 1.807) is 0 Å². The van der Waals surface area contributed by atoms with E-state index in [-0.39, 0.29) is 0 Å². The predicted molar refractivity (Wildman–Crippen MR) is 124 cm³/mol. The molecule has 0 atom stereocenters. The van der Waals surface area contributed by atoms with Gasteiger partial charge in [-0.2, -0.15) is 0 Å². The SMILES string of the molecule is [ClH2+2]c1ccc2oc3cccc(-c4nc(-c5ccccc5)[nH+]c(-c5ccccc5)n4)c3c2c1. The molecule has 2 aromatic heterocycles. The van der Waals surface area contributed by atoms with Gasteiger partial charge in [-0.1, -0.05) is 52.4 Å². The van der Waals surface area contributed by atoms with Crippen LogP contribution in [0.1, 0.15) is 0 Å². The molecule has 6 aromatic rings. The number of nitrogens with one attached hydrogen (secondary N) is 1. The second-order valence-electron chi connectivity index (χ2n) is 7.56. The number of fused-ring (bicyclic) bond motifs is 3. The van der Waals surface area contributed by atoms with Gasteiger partial charge in [0.25, 0.3) is 11.6 Å².